The highest BCUT2D eigenvalue weighted by atomic mass is 35.5. The molecule has 1 saturated heterocycles. The molecule has 1 N–H and O–H groups in total. The van der Waals surface area contributed by atoms with E-state index in [9.17, 15) is 14.4 Å². The van der Waals surface area contributed by atoms with Crippen LogP contribution in [0.5, 0.6) is 11.5 Å². The summed E-state index contributed by atoms with van der Waals surface area (Å²) in [4.78, 5) is 35.3. The Balaban J connectivity index is 2.37. The number of amides is 2. The number of carbonyl (C=O) groups excluding carboxylic acids is 2. The number of carboxylic acid groups (broad SMARTS) is 1. The number of carbonyl (C=O) groups is 3. The lowest BCUT2D eigenvalue weighted by atomic mass is 10.1. The van der Waals surface area contributed by atoms with E-state index < -0.39 is 23.7 Å². The van der Waals surface area contributed by atoms with Crippen LogP contribution in [0.4, 0.5) is 4.79 Å². The van der Waals surface area contributed by atoms with Crippen molar-refractivity contribution < 1.29 is 29.0 Å². The first-order valence-corrected chi connectivity index (χ1v) is 7.45. The van der Waals surface area contributed by atoms with Crippen molar-refractivity contribution >= 4 is 46.6 Å². The number of rotatable bonds is 5. The minimum Gasteiger partial charge on any atom is -0.493 e. The first-order valence-electron chi connectivity index (χ1n) is 6.26. The van der Waals surface area contributed by atoms with Crippen LogP contribution in [-0.2, 0) is 9.59 Å². The van der Waals surface area contributed by atoms with Crippen LogP contribution in [0.25, 0.3) is 6.08 Å². The van der Waals surface area contributed by atoms with Crippen LogP contribution in [-0.4, -0.2) is 47.9 Å². The minimum absolute atomic E-state index is 0.0883. The van der Waals surface area contributed by atoms with Gasteiger partial charge in [-0.15, -0.1) is 0 Å². The Morgan fingerprint density at radius 3 is 2.48 bits per heavy atom. The Kier molecular flexibility index (Phi) is 5.17. The molecule has 0 atom stereocenters. The summed E-state index contributed by atoms with van der Waals surface area (Å²) in [6.45, 7) is -0.679. The van der Waals surface area contributed by atoms with E-state index in [-0.39, 0.29) is 4.91 Å². The van der Waals surface area contributed by atoms with E-state index in [1.54, 1.807) is 6.07 Å². The van der Waals surface area contributed by atoms with Crippen molar-refractivity contribution in [3.8, 4) is 11.5 Å². The molecule has 1 heterocycles. The second-order valence-electron chi connectivity index (χ2n) is 4.39. The fraction of sp³-hybridized carbons (Fsp3) is 0.214. The van der Waals surface area contributed by atoms with Crippen LogP contribution in [0, 0.1) is 0 Å². The molecule has 1 aromatic rings. The summed E-state index contributed by atoms with van der Waals surface area (Å²) in [5.41, 5.74) is 0.449. The van der Waals surface area contributed by atoms with Crippen molar-refractivity contribution in [2.75, 3.05) is 20.8 Å². The number of hydrogen-bond acceptors (Lipinski definition) is 6. The maximum atomic E-state index is 12.1. The number of nitrogens with zero attached hydrogens (tertiary/aromatic N) is 1. The van der Waals surface area contributed by atoms with Gasteiger partial charge in [-0.2, -0.15) is 0 Å². The van der Waals surface area contributed by atoms with Crippen molar-refractivity contribution in [3.63, 3.8) is 0 Å². The Morgan fingerprint density at radius 1 is 1.30 bits per heavy atom. The number of imide groups is 1. The van der Waals surface area contributed by atoms with Crippen LogP contribution in [0.1, 0.15) is 5.56 Å². The summed E-state index contributed by atoms with van der Waals surface area (Å²) in [6, 6.07) is 3.08. The number of methoxy groups -OCH3 is 2. The predicted molar refractivity (Wildman–Crippen MR) is 84.9 cm³/mol. The normalized spacial score (nSPS) is 16.1. The van der Waals surface area contributed by atoms with Gasteiger partial charge in [-0.25, -0.2) is 0 Å². The zero-order valence-corrected chi connectivity index (χ0v) is 13.7. The number of halogens is 1. The molecule has 0 saturated carbocycles. The molecule has 0 radical (unpaired) electrons. The average molecular weight is 358 g/mol. The average Bonchev–Trinajstić information content (AvgIpc) is 2.76. The summed E-state index contributed by atoms with van der Waals surface area (Å²) in [5, 5.41) is 8.39. The van der Waals surface area contributed by atoms with E-state index in [1.807, 2.05) is 0 Å². The van der Waals surface area contributed by atoms with Gasteiger partial charge in [0.25, 0.3) is 11.1 Å². The van der Waals surface area contributed by atoms with Crippen molar-refractivity contribution in [3.05, 3.63) is 27.6 Å². The standard InChI is InChI=1S/C14H12ClNO6S/c1-21-9-3-7(8(15)5-10(9)22-2)4-11-13(19)16(6-12(17)18)14(20)23-11/h3-5H,6H2,1-2H3,(H,17,18)/b11-4+. The first-order chi connectivity index (χ1) is 10.9. The second-order valence-corrected chi connectivity index (χ2v) is 5.79. The molecule has 0 aliphatic carbocycles. The fourth-order valence-corrected chi connectivity index (χ4v) is 2.93. The number of thioether (sulfide) groups is 1. The molecule has 2 rings (SSSR count). The van der Waals surface area contributed by atoms with Gasteiger partial charge in [0, 0.05) is 6.07 Å². The van der Waals surface area contributed by atoms with Gasteiger partial charge in [-0.1, -0.05) is 11.6 Å². The van der Waals surface area contributed by atoms with Crippen molar-refractivity contribution in [2.24, 2.45) is 0 Å². The summed E-state index contributed by atoms with van der Waals surface area (Å²) in [7, 11) is 2.92. The van der Waals surface area contributed by atoms with Crippen LogP contribution in [0.2, 0.25) is 5.02 Å². The lowest BCUT2D eigenvalue weighted by Crippen LogP contribution is -2.33. The van der Waals surface area contributed by atoms with E-state index in [4.69, 9.17) is 26.2 Å². The van der Waals surface area contributed by atoms with Gasteiger partial charge in [0.15, 0.2) is 11.5 Å². The fourth-order valence-electron chi connectivity index (χ4n) is 1.89. The molecule has 1 fully saturated rings. The highest BCUT2D eigenvalue weighted by molar-refractivity contribution is 8.18. The van der Waals surface area contributed by atoms with Gasteiger partial charge in [0.05, 0.1) is 24.1 Å². The highest BCUT2D eigenvalue weighted by Gasteiger charge is 2.36. The predicted octanol–water partition coefficient (Wildman–Crippen LogP) is 2.48. The topological polar surface area (TPSA) is 93.1 Å². The molecule has 23 heavy (non-hydrogen) atoms. The maximum Gasteiger partial charge on any atom is 0.323 e. The van der Waals surface area contributed by atoms with Crippen molar-refractivity contribution in [2.45, 2.75) is 0 Å². The van der Waals surface area contributed by atoms with Crippen LogP contribution in [0.15, 0.2) is 17.0 Å². The molecular weight excluding hydrogens is 346 g/mol. The minimum atomic E-state index is -1.27. The smallest absolute Gasteiger partial charge is 0.323 e. The van der Waals surface area contributed by atoms with Crippen LogP contribution >= 0.6 is 23.4 Å². The Bertz CT molecular complexity index is 717. The lowest BCUT2D eigenvalue weighted by molar-refractivity contribution is -0.140. The van der Waals surface area contributed by atoms with Crippen molar-refractivity contribution in [1.29, 1.82) is 0 Å². The quantitative estimate of drug-likeness (QED) is 0.809. The molecule has 9 heteroatoms. The van der Waals surface area contributed by atoms with E-state index in [1.165, 1.54) is 26.4 Å². The van der Waals surface area contributed by atoms with Gasteiger partial charge in [-0.05, 0) is 29.5 Å². The summed E-state index contributed by atoms with van der Waals surface area (Å²) >= 11 is 6.78. The molecule has 0 spiro atoms. The molecule has 7 nitrogen and oxygen atoms in total. The first kappa shape index (κ1) is 17.2. The van der Waals surface area contributed by atoms with Crippen LogP contribution in [0.3, 0.4) is 0 Å². The molecule has 1 aromatic carbocycles. The van der Waals surface area contributed by atoms with E-state index in [2.05, 4.69) is 0 Å². The third kappa shape index (κ3) is 3.59. The number of ether oxygens (including phenoxy) is 2. The van der Waals surface area contributed by atoms with Gasteiger partial charge in [-0.3, -0.25) is 19.3 Å². The zero-order valence-electron chi connectivity index (χ0n) is 12.2. The SMILES string of the molecule is COc1cc(Cl)c(/C=C2/SC(=O)N(CC(=O)O)C2=O)cc1OC. The Labute approximate surface area is 140 Å². The van der Waals surface area contributed by atoms with Crippen molar-refractivity contribution in [1.82, 2.24) is 4.90 Å². The van der Waals surface area contributed by atoms with Gasteiger partial charge < -0.3 is 14.6 Å². The lowest BCUT2D eigenvalue weighted by Gasteiger charge is -2.10. The summed E-state index contributed by atoms with van der Waals surface area (Å²) < 4.78 is 10.3. The van der Waals surface area contributed by atoms with E-state index in [0.29, 0.717) is 38.7 Å². The Morgan fingerprint density at radius 2 is 1.91 bits per heavy atom. The molecule has 122 valence electrons. The van der Waals surface area contributed by atoms with Gasteiger partial charge in [0.2, 0.25) is 0 Å². The molecule has 0 aromatic heterocycles. The van der Waals surface area contributed by atoms with E-state index >= 15 is 0 Å². The van der Waals surface area contributed by atoms with Gasteiger partial charge in [0.1, 0.15) is 6.54 Å². The zero-order chi connectivity index (χ0) is 17.1. The highest BCUT2D eigenvalue weighted by Crippen LogP contribution is 2.37. The molecule has 0 unspecified atom stereocenters. The maximum absolute atomic E-state index is 12.1. The second kappa shape index (κ2) is 6.93. The number of carboxylic acids is 1. The van der Waals surface area contributed by atoms with E-state index in [0.717, 1.165) is 0 Å². The third-order valence-electron chi connectivity index (χ3n) is 2.96. The molecule has 1 aliphatic heterocycles. The Hall–Kier alpha value is -2.19. The summed E-state index contributed by atoms with van der Waals surface area (Å²) in [6.07, 6.45) is 1.41. The molecular formula is C14H12ClNO6S. The number of benzene rings is 1. The molecule has 2 amide bonds. The molecule has 0 bridgehead atoms. The monoisotopic (exact) mass is 357 g/mol. The summed E-state index contributed by atoms with van der Waals surface area (Å²) in [5.74, 6) is -1.10. The largest absolute Gasteiger partial charge is 0.493 e. The van der Waals surface area contributed by atoms with Gasteiger partial charge >= 0.3 is 5.97 Å². The number of aliphatic carboxylic acids is 1. The third-order valence-corrected chi connectivity index (χ3v) is 4.19. The number of hydrogen-bond donors (Lipinski definition) is 1. The van der Waals surface area contributed by atoms with Crippen LogP contribution < -0.4 is 9.47 Å². The molecule has 1 aliphatic rings.